The molecule has 20 heavy (non-hydrogen) atoms. The summed E-state index contributed by atoms with van der Waals surface area (Å²) in [5, 5.41) is 8.02. The third-order valence-electron chi connectivity index (χ3n) is 3.59. The van der Waals surface area contributed by atoms with Crippen LogP contribution in [0.3, 0.4) is 0 Å². The molecule has 0 aliphatic rings. The summed E-state index contributed by atoms with van der Waals surface area (Å²) in [6, 6.07) is 11.0. The smallest absolute Gasteiger partial charge is 0.0728 e. The summed E-state index contributed by atoms with van der Waals surface area (Å²) in [5.41, 5.74) is 2.41. The van der Waals surface area contributed by atoms with Gasteiger partial charge < -0.3 is 5.32 Å². The van der Waals surface area contributed by atoms with Crippen LogP contribution < -0.4 is 5.32 Å². The van der Waals surface area contributed by atoms with Gasteiger partial charge in [-0.05, 0) is 18.4 Å². The van der Waals surface area contributed by atoms with Crippen LogP contribution in [0, 0.1) is 0 Å². The van der Waals surface area contributed by atoms with Crippen LogP contribution in [0.4, 0.5) is 5.69 Å². The maximum Gasteiger partial charge on any atom is 0.0728 e. The van der Waals surface area contributed by atoms with Gasteiger partial charge in [-0.1, -0.05) is 57.0 Å². The summed E-state index contributed by atoms with van der Waals surface area (Å²) in [4.78, 5) is 0. The highest BCUT2D eigenvalue weighted by molar-refractivity contribution is 5.39. The van der Waals surface area contributed by atoms with E-state index in [2.05, 4.69) is 54.7 Å². The van der Waals surface area contributed by atoms with Crippen molar-refractivity contribution in [2.75, 3.05) is 5.32 Å². The summed E-state index contributed by atoms with van der Waals surface area (Å²) in [5.74, 6) is 0. The minimum atomic E-state index is 0.560. The Morgan fingerprint density at radius 1 is 1.20 bits per heavy atom. The Balaban J connectivity index is 1.91. The average Bonchev–Trinajstić information content (AvgIpc) is 2.91. The lowest BCUT2D eigenvalue weighted by atomic mass is 10.1. The van der Waals surface area contributed by atoms with Gasteiger partial charge in [-0.2, -0.15) is 5.10 Å². The minimum absolute atomic E-state index is 0.560. The molecule has 0 bridgehead atoms. The molecule has 2 rings (SSSR count). The fourth-order valence-electron chi connectivity index (χ4n) is 2.36. The fourth-order valence-corrected chi connectivity index (χ4v) is 2.36. The summed E-state index contributed by atoms with van der Waals surface area (Å²) < 4.78 is 1.99. The molecule has 0 aliphatic heterocycles. The van der Waals surface area contributed by atoms with Gasteiger partial charge in [-0.25, -0.2) is 0 Å². The number of benzene rings is 1. The first kappa shape index (κ1) is 14.6. The van der Waals surface area contributed by atoms with Crippen molar-refractivity contribution in [1.29, 1.82) is 0 Å². The van der Waals surface area contributed by atoms with Gasteiger partial charge in [-0.3, -0.25) is 4.68 Å². The first-order chi connectivity index (χ1) is 9.81. The highest BCUT2D eigenvalue weighted by Crippen LogP contribution is 2.13. The van der Waals surface area contributed by atoms with Crippen molar-refractivity contribution < 1.29 is 0 Å². The Bertz CT molecular complexity index is 490. The zero-order valence-electron chi connectivity index (χ0n) is 12.5. The van der Waals surface area contributed by atoms with Gasteiger partial charge in [-0.15, -0.1) is 0 Å². The predicted molar refractivity (Wildman–Crippen MR) is 85.0 cm³/mol. The van der Waals surface area contributed by atoms with Gasteiger partial charge in [0.25, 0.3) is 0 Å². The van der Waals surface area contributed by atoms with Gasteiger partial charge in [0.15, 0.2) is 0 Å². The van der Waals surface area contributed by atoms with E-state index in [9.17, 15) is 0 Å². The van der Waals surface area contributed by atoms with E-state index < -0.39 is 0 Å². The van der Waals surface area contributed by atoms with Gasteiger partial charge in [0.2, 0.25) is 0 Å². The summed E-state index contributed by atoms with van der Waals surface area (Å²) >= 11 is 0. The molecular formula is C17H25N3. The highest BCUT2D eigenvalue weighted by Gasteiger charge is 2.07. The molecule has 0 saturated heterocycles. The van der Waals surface area contributed by atoms with Crippen LogP contribution in [0.25, 0.3) is 0 Å². The number of nitrogens with zero attached hydrogens (tertiary/aromatic N) is 2. The Morgan fingerprint density at radius 2 is 2.00 bits per heavy atom. The number of anilines is 1. The first-order valence-electron chi connectivity index (χ1n) is 7.64. The second-order valence-corrected chi connectivity index (χ2v) is 5.30. The van der Waals surface area contributed by atoms with E-state index >= 15 is 0 Å². The van der Waals surface area contributed by atoms with Crippen molar-refractivity contribution in [3.63, 3.8) is 0 Å². The maximum absolute atomic E-state index is 4.43. The molecule has 2 aromatic rings. The molecule has 0 fully saturated rings. The molecule has 1 unspecified atom stereocenters. The Morgan fingerprint density at radius 3 is 2.70 bits per heavy atom. The molecule has 1 atom stereocenters. The van der Waals surface area contributed by atoms with E-state index in [1.807, 2.05) is 16.9 Å². The molecule has 0 amide bonds. The zero-order chi connectivity index (χ0) is 14.2. The standard InChI is InChI=1S/C17H25N3/c1-3-5-11-16(4-2)19-17-12-18-20(14-17)13-15-9-7-6-8-10-15/h6-10,12,14,16,19H,3-5,11,13H2,1-2H3. The van der Waals surface area contributed by atoms with Crippen LogP contribution in [0.15, 0.2) is 42.7 Å². The molecule has 0 saturated carbocycles. The summed E-state index contributed by atoms with van der Waals surface area (Å²) in [6.45, 7) is 5.31. The lowest BCUT2D eigenvalue weighted by molar-refractivity contribution is 0.593. The van der Waals surface area contributed by atoms with Crippen LogP contribution in [0.1, 0.15) is 45.1 Å². The molecular weight excluding hydrogens is 246 g/mol. The lowest BCUT2D eigenvalue weighted by Gasteiger charge is -2.16. The normalized spacial score (nSPS) is 12.3. The summed E-state index contributed by atoms with van der Waals surface area (Å²) in [7, 11) is 0. The zero-order valence-corrected chi connectivity index (χ0v) is 12.5. The van der Waals surface area contributed by atoms with Crippen molar-refractivity contribution in [2.24, 2.45) is 0 Å². The number of rotatable bonds is 8. The third kappa shape index (κ3) is 4.41. The van der Waals surface area contributed by atoms with E-state index in [1.54, 1.807) is 0 Å². The molecule has 3 heteroatoms. The number of hydrogen-bond donors (Lipinski definition) is 1. The third-order valence-corrected chi connectivity index (χ3v) is 3.59. The first-order valence-corrected chi connectivity index (χ1v) is 7.64. The summed E-state index contributed by atoms with van der Waals surface area (Å²) in [6.07, 6.45) is 8.95. The molecule has 1 heterocycles. The molecule has 1 aromatic heterocycles. The molecule has 3 nitrogen and oxygen atoms in total. The fraction of sp³-hybridized carbons (Fsp3) is 0.471. The Kier molecular flexibility index (Phi) is 5.66. The largest absolute Gasteiger partial charge is 0.380 e. The van der Waals surface area contributed by atoms with E-state index in [-0.39, 0.29) is 0 Å². The molecule has 1 aromatic carbocycles. The maximum atomic E-state index is 4.43. The second kappa shape index (κ2) is 7.73. The number of nitrogens with one attached hydrogen (secondary N) is 1. The van der Waals surface area contributed by atoms with Crippen molar-refractivity contribution in [2.45, 2.75) is 52.1 Å². The molecule has 1 N–H and O–H groups in total. The van der Waals surface area contributed by atoms with Crippen molar-refractivity contribution >= 4 is 5.69 Å². The van der Waals surface area contributed by atoms with Gasteiger partial charge in [0.1, 0.15) is 0 Å². The quantitative estimate of drug-likeness (QED) is 0.775. The van der Waals surface area contributed by atoms with Crippen molar-refractivity contribution in [3.05, 3.63) is 48.3 Å². The van der Waals surface area contributed by atoms with E-state index in [0.29, 0.717) is 6.04 Å². The number of aromatic nitrogens is 2. The lowest BCUT2D eigenvalue weighted by Crippen LogP contribution is -2.17. The van der Waals surface area contributed by atoms with E-state index in [0.717, 1.165) is 18.7 Å². The number of unbranched alkanes of at least 4 members (excludes halogenated alkanes) is 1. The van der Waals surface area contributed by atoms with E-state index in [4.69, 9.17) is 0 Å². The minimum Gasteiger partial charge on any atom is -0.380 e. The van der Waals surface area contributed by atoms with Crippen molar-refractivity contribution in [1.82, 2.24) is 9.78 Å². The number of hydrogen-bond acceptors (Lipinski definition) is 2. The predicted octanol–water partition coefficient (Wildman–Crippen LogP) is 4.31. The Hall–Kier alpha value is -1.77. The van der Waals surface area contributed by atoms with Crippen molar-refractivity contribution in [3.8, 4) is 0 Å². The SMILES string of the molecule is CCCCC(CC)Nc1cnn(Cc2ccccc2)c1. The highest BCUT2D eigenvalue weighted by atomic mass is 15.3. The van der Waals surface area contributed by atoms with Gasteiger partial charge in [0.05, 0.1) is 18.4 Å². The topological polar surface area (TPSA) is 29.9 Å². The molecule has 108 valence electrons. The molecule has 0 spiro atoms. The van der Waals surface area contributed by atoms with Gasteiger partial charge >= 0.3 is 0 Å². The van der Waals surface area contributed by atoms with Crippen LogP contribution >= 0.6 is 0 Å². The molecule has 0 aliphatic carbocycles. The van der Waals surface area contributed by atoms with Crippen LogP contribution in [-0.2, 0) is 6.54 Å². The average molecular weight is 271 g/mol. The van der Waals surface area contributed by atoms with Crippen LogP contribution in [0.2, 0.25) is 0 Å². The van der Waals surface area contributed by atoms with Crippen LogP contribution in [0.5, 0.6) is 0 Å². The molecule has 0 radical (unpaired) electrons. The van der Waals surface area contributed by atoms with E-state index in [1.165, 1.54) is 24.8 Å². The van der Waals surface area contributed by atoms with Crippen LogP contribution in [-0.4, -0.2) is 15.8 Å². The van der Waals surface area contributed by atoms with Gasteiger partial charge in [0, 0.05) is 12.2 Å². The second-order valence-electron chi connectivity index (χ2n) is 5.30. The Labute approximate surface area is 122 Å². The monoisotopic (exact) mass is 271 g/mol.